The molecule has 0 atom stereocenters. The maximum Gasteiger partial charge on any atom is 0.0320 e. The van der Waals surface area contributed by atoms with E-state index in [1.54, 1.807) is 0 Å². The molecule has 0 spiro atoms. The van der Waals surface area contributed by atoms with E-state index in [1.807, 2.05) is 18.2 Å². The number of hydrogen-bond acceptors (Lipinski definition) is 1. The first-order valence-electron chi connectivity index (χ1n) is 5.10. The Kier molecular flexibility index (Phi) is 2.46. The van der Waals surface area contributed by atoms with Gasteiger partial charge in [-0.25, -0.2) is 0 Å². The first-order chi connectivity index (χ1) is 7.16. The number of aryl methyl sites for hydroxylation is 2. The maximum absolute atomic E-state index is 5.76. The number of anilines is 1. The standard InChI is InChI=1S/C14H15N/c1-10-6-7-13(8-11(10)2)12-4-3-5-14(15)9-12/h3-9H,15H2,1-2H3. The molecule has 1 heteroatoms. The summed E-state index contributed by atoms with van der Waals surface area (Å²) in [6, 6.07) is 14.5. The molecule has 2 aromatic carbocycles. The highest BCUT2D eigenvalue weighted by molar-refractivity contribution is 5.68. The van der Waals surface area contributed by atoms with Gasteiger partial charge in [0.15, 0.2) is 0 Å². The number of nitrogens with two attached hydrogens (primary N) is 1. The monoisotopic (exact) mass is 197 g/mol. The minimum atomic E-state index is 0.811. The summed E-state index contributed by atoms with van der Waals surface area (Å²) in [6.45, 7) is 4.25. The Morgan fingerprint density at radius 3 is 2.20 bits per heavy atom. The van der Waals surface area contributed by atoms with Crippen LogP contribution in [0, 0.1) is 13.8 Å². The highest BCUT2D eigenvalue weighted by atomic mass is 14.5. The lowest BCUT2D eigenvalue weighted by molar-refractivity contribution is 1.34. The normalized spacial score (nSPS) is 10.3. The van der Waals surface area contributed by atoms with Crippen LogP contribution in [-0.2, 0) is 0 Å². The van der Waals surface area contributed by atoms with E-state index in [1.165, 1.54) is 22.3 Å². The van der Waals surface area contributed by atoms with Gasteiger partial charge in [0, 0.05) is 5.69 Å². The molecular weight excluding hydrogens is 182 g/mol. The van der Waals surface area contributed by atoms with Gasteiger partial charge in [-0.05, 0) is 48.2 Å². The molecule has 0 aliphatic rings. The molecule has 2 aromatic rings. The van der Waals surface area contributed by atoms with Crippen LogP contribution in [-0.4, -0.2) is 0 Å². The zero-order chi connectivity index (χ0) is 10.8. The van der Waals surface area contributed by atoms with Crippen molar-refractivity contribution in [1.82, 2.24) is 0 Å². The third-order valence-corrected chi connectivity index (χ3v) is 2.73. The number of rotatable bonds is 1. The molecule has 0 aliphatic heterocycles. The van der Waals surface area contributed by atoms with Crippen molar-refractivity contribution in [2.75, 3.05) is 5.73 Å². The summed E-state index contributed by atoms with van der Waals surface area (Å²) in [7, 11) is 0. The topological polar surface area (TPSA) is 26.0 Å². The molecule has 0 fully saturated rings. The Hall–Kier alpha value is -1.76. The van der Waals surface area contributed by atoms with Gasteiger partial charge in [-0.3, -0.25) is 0 Å². The smallest absolute Gasteiger partial charge is 0.0320 e. The highest BCUT2D eigenvalue weighted by Crippen LogP contribution is 2.23. The zero-order valence-electron chi connectivity index (χ0n) is 9.12. The summed E-state index contributed by atoms with van der Waals surface area (Å²) < 4.78 is 0. The molecule has 0 aromatic heterocycles. The number of hydrogen-bond donors (Lipinski definition) is 1. The van der Waals surface area contributed by atoms with Gasteiger partial charge in [0.2, 0.25) is 0 Å². The molecule has 15 heavy (non-hydrogen) atoms. The largest absolute Gasteiger partial charge is 0.399 e. The predicted molar refractivity (Wildman–Crippen MR) is 65.8 cm³/mol. The Balaban J connectivity index is 2.50. The molecule has 0 bridgehead atoms. The molecule has 2 N–H and O–H groups in total. The first-order valence-corrected chi connectivity index (χ1v) is 5.10. The van der Waals surface area contributed by atoms with Gasteiger partial charge >= 0.3 is 0 Å². The van der Waals surface area contributed by atoms with Crippen molar-refractivity contribution in [2.45, 2.75) is 13.8 Å². The van der Waals surface area contributed by atoms with Crippen molar-refractivity contribution in [3.63, 3.8) is 0 Å². The second-order valence-electron chi connectivity index (χ2n) is 3.92. The minimum Gasteiger partial charge on any atom is -0.399 e. The van der Waals surface area contributed by atoms with Crippen molar-refractivity contribution in [1.29, 1.82) is 0 Å². The van der Waals surface area contributed by atoms with Crippen molar-refractivity contribution in [2.24, 2.45) is 0 Å². The summed E-state index contributed by atoms with van der Waals surface area (Å²) >= 11 is 0. The number of nitrogen functional groups attached to an aromatic ring is 1. The second-order valence-corrected chi connectivity index (χ2v) is 3.92. The molecule has 1 nitrogen and oxygen atoms in total. The fourth-order valence-electron chi connectivity index (χ4n) is 1.64. The lowest BCUT2D eigenvalue weighted by Crippen LogP contribution is -1.86. The fraction of sp³-hybridized carbons (Fsp3) is 0.143. The number of benzene rings is 2. The van der Waals surface area contributed by atoms with Gasteiger partial charge in [-0.15, -0.1) is 0 Å². The fourth-order valence-corrected chi connectivity index (χ4v) is 1.64. The van der Waals surface area contributed by atoms with Gasteiger partial charge in [-0.2, -0.15) is 0 Å². The first kappa shape index (κ1) is 9.78. The summed E-state index contributed by atoms with van der Waals surface area (Å²) in [4.78, 5) is 0. The average Bonchev–Trinajstić information content (AvgIpc) is 2.22. The average molecular weight is 197 g/mol. The molecule has 0 radical (unpaired) electrons. The third-order valence-electron chi connectivity index (χ3n) is 2.73. The summed E-state index contributed by atoms with van der Waals surface area (Å²) in [5.41, 5.74) is 11.6. The summed E-state index contributed by atoms with van der Waals surface area (Å²) in [6.07, 6.45) is 0. The zero-order valence-corrected chi connectivity index (χ0v) is 9.12. The van der Waals surface area contributed by atoms with E-state index < -0.39 is 0 Å². The molecule has 0 aliphatic carbocycles. The van der Waals surface area contributed by atoms with Crippen LogP contribution in [0.1, 0.15) is 11.1 Å². The Labute approximate surface area is 90.6 Å². The van der Waals surface area contributed by atoms with Gasteiger partial charge in [-0.1, -0.05) is 30.3 Å². The van der Waals surface area contributed by atoms with Crippen LogP contribution in [0.5, 0.6) is 0 Å². The van der Waals surface area contributed by atoms with Crippen molar-refractivity contribution in [3.8, 4) is 11.1 Å². The SMILES string of the molecule is Cc1ccc(-c2cccc(N)c2)cc1C. The van der Waals surface area contributed by atoms with E-state index in [0.717, 1.165) is 5.69 Å². The van der Waals surface area contributed by atoms with Crippen molar-refractivity contribution in [3.05, 3.63) is 53.6 Å². The molecule has 0 amide bonds. The quantitative estimate of drug-likeness (QED) is 0.695. The van der Waals surface area contributed by atoms with Crippen molar-refractivity contribution < 1.29 is 0 Å². The van der Waals surface area contributed by atoms with Gasteiger partial charge < -0.3 is 5.73 Å². The van der Waals surface area contributed by atoms with Crippen LogP contribution < -0.4 is 5.73 Å². The van der Waals surface area contributed by atoms with Crippen LogP contribution in [0.4, 0.5) is 5.69 Å². The molecule has 0 heterocycles. The predicted octanol–water partition coefficient (Wildman–Crippen LogP) is 3.55. The molecule has 0 unspecified atom stereocenters. The van der Waals surface area contributed by atoms with Gasteiger partial charge in [0.05, 0.1) is 0 Å². The van der Waals surface area contributed by atoms with E-state index in [9.17, 15) is 0 Å². The Morgan fingerprint density at radius 2 is 1.53 bits per heavy atom. The van der Waals surface area contributed by atoms with Crippen LogP contribution in [0.25, 0.3) is 11.1 Å². The molecule has 0 saturated carbocycles. The Morgan fingerprint density at radius 1 is 0.800 bits per heavy atom. The maximum atomic E-state index is 5.76. The van der Waals surface area contributed by atoms with Crippen molar-refractivity contribution >= 4 is 5.69 Å². The molecule has 0 saturated heterocycles. The van der Waals surface area contributed by atoms with Crippen LogP contribution in [0.3, 0.4) is 0 Å². The summed E-state index contributed by atoms with van der Waals surface area (Å²) in [5.74, 6) is 0. The lowest BCUT2D eigenvalue weighted by Gasteiger charge is -2.06. The van der Waals surface area contributed by atoms with Crippen LogP contribution in [0.15, 0.2) is 42.5 Å². The van der Waals surface area contributed by atoms with E-state index >= 15 is 0 Å². The van der Waals surface area contributed by atoms with Crippen LogP contribution >= 0.6 is 0 Å². The minimum absolute atomic E-state index is 0.811. The summed E-state index contributed by atoms with van der Waals surface area (Å²) in [5, 5.41) is 0. The third kappa shape index (κ3) is 2.01. The van der Waals surface area contributed by atoms with E-state index in [4.69, 9.17) is 5.73 Å². The highest BCUT2D eigenvalue weighted by Gasteiger charge is 1.99. The Bertz CT molecular complexity index is 486. The van der Waals surface area contributed by atoms with Gasteiger partial charge in [0.1, 0.15) is 0 Å². The molecule has 2 rings (SSSR count). The molecule has 76 valence electrons. The van der Waals surface area contributed by atoms with E-state index in [2.05, 4.69) is 38.1 Å². The van der Waals surface area contributed by atoms with Gasteiger partial charge in [0.25, 0.3) is 0 Å². The lowest BCUT2D eigenvalue weighted by atomic mass is 10.0. The second kappa shape index (κ2) is 3.77. The molecular formula is C14H15N. The van der Waals surface area contributed by atoms with E-state index in [0.29, 0.717) is 0 Å². The van der Waals surface area contributed by atoms with Crippen LogP contribution in [0.2, 0.25) is 0 Å². The van der Waals surface area contributed by atoms with E-state index in [-0.39, 0.29) is 0 Å².